The molecule has 0 radical (unpaired) electrons. The molecule has 0 unspecified atom stereocenters. The molecule has 3 rings (SSSR count). The van der Waals surface area contributed by atoms with E-state index < -0.39 is 33.2 Å². The zero-order valence-corrected chi connectivity index (χ0v) is 18.9. The van der Waals surface area contributed by atoms with Gasteiger partial charge in [-0.05, 0) is 42.5 Å². The van der Waals surface area contributed by atoms with E-state index in [0.717, 1.165) is 12.1 Å². The lowest BCUT2D eigenvalue weighted by Crippen LogP contribution is -2.06. The number of nitrogens with two attached hydrogens (primary N) is 2. The van der Waals surface area contributed by atoms with Crippen LogP contribution in [0.2, 0.25) is 0 Å². The Morgan fingerprint density at radius 3 is 1.42 bits per heavy atom. The van der Waals surface area contributed by atoms with Gasteiger partial charge in [0.05, 0.1) is 41.3 Å². The lowest BCUT2D eigenvalue weighted by atomic mass is 10.1. The summed E-state index contributed by atoms with van der Waals surface area (Å²) in [6.45, 7) is 0. The molecule has 0 aliphatic heterocycles. The van der Waals surface area contributed by atoms with Crippen LogP contribution in [0.25, 0.3) is 0 Å². The van der Waals surface area contributed by atoms with Crippen LogP contribution >= 0.6 is 0 Å². The first-order valence-corrected chi connectivity index (χ1v) is 10.0. The van der Waals surface area contributed by atoms with Crippen molar-refractivity contribution in [3.05, 3.63) is 79.9 Å². The summed E-state index contributed by atoms with van der Waals surface area (Å²) in [4.78, 5) is 45.6. The van der Waals surface area contributed by atoms with Crippen LogP contribution in [0.4, 0.5) is 45.5 Å². The second-order valence-corrected chi connectivity index (χ2v) is 7.32. The van der Waals surface area contributed by atoms with Crippen LogP contribution in [-0.4, -0.2) is 36.0 Å². The third-order valence-electron chi connectivity index (χ3n) is 4.82. The number of carbonyl (C=O) groups is 2. The zero-order valence-electron chi connectivity index (χ0n) is 18.9. The maximum Gasteiger partial charge on any atom is 0.337 e. The van der Waals surface area contributed by atoms with E-state index in [1.54, 1.807) is 0 Å². The molecule has 0 heterocycles. The minimum Gasteiger partial charge on any atom is -0.465 e. The maximum absolute atomic E-state index is 11.9. The molecule has 14 nitrogen and oxygen atoms in total. The van der Waals surface area contributed by atoms with E-state index in [1.807, 2.05) is 0 Å². The predicted molar refractivity (Wildman–Crippen MR) is 131 cm³/mol. The number of esters is 2. The predicted octanol–water partition coefficient (Wildman–Crippen LogP) is 3.73. The molecule has 0 saturated carbocycles. The van der Waals surface area contributed by atoms with Gasteiger partial charge >= 0.3 is 11.9 Å². The van der Waals surface area contributed by atoms with E-state index >= 15 is 0 Å². The Labute approximate surface area is 203 Å². The average Bonchev–Trinajstić information content (AvgIpc) is 2.81. The van der Waals surface area contributed by atoms with Gasteiger partial charge in [-0.3, -0.25) is 20.2 Å². The van der Waals surface area contributed by atoms with Gasteiger partial charge in [0.25, 0.3) is 11.4 Å². The number of hydrogen-bond acceptors (Lipinski definition) is 12. The monoisotopic (exact) mass is 496 g/mol. The molecule has 14 heteroatoms. The molecule has 0 fully saturated rings. The minimum absolute atomic E-state index is 0.0815. The number of ether oxygens (including phenoxy) is 2. The Morgan fingerprint density at radius 1 is 0.694 bits per heavy atom. The minimum atomic E-state index is -0.803. The molecule has 0 spiro atoms. The van der Waals surface area contributed by atoms with Crippen LogP contribution in [-0.2, 0) is 9.47 Å². The van der Waals surface area contributed by atoms with Crippen LogP contribution in [0.15, 0.2) is 48.5 Å². The van der Waals surface area contributed by atoms with Crippen molar-refractivity contribution < 1.29 is 28.9 Å². The maximum atomic E-state index is 11.9. The summed E-state index contributed by atoms with van der Waals surface area (Å²) in [6, 6.07) is 10.1. The zero-order chi connectivity index (χ0) is 26.6. The SMILES string of the molecule is COC(=O)c1cc(N)cc(Nc2cc(Nc3cc(N)cc(C(=O)OC)c3)c([N+](=O)[O-])cc2[N+](=O)[O-])c1. The first-order chi connectivity index (χ1) is 17.0. The van der Waals surface area contributed by atoms with Crippen LogP contribution in [0.1, 0.15) is 20.7 Å². The van der Waals surface area contributed by atoms with Crippen molar-refractivity contribution in [2.24, 2.45) is 0 Å². The summed E-state index contributed by atoms with van der Waals surface area (Å²) in [5, 5.41) is 28.9. The van der Waals surface area contributed by atoms with Gasteiger partial charge in [0.2, 0.25) is 0 Å². The fourth-order valence-corrected chi connectivity index (χ4v) is 3.31. The number of nitrogens with one attached hydrogen (secondary N) is 2. The van der Waals surface area contributed by atoms with Crippen LogP contribution < -0.4 is 22.1 Å². The lowest BCUT2D eigenvalue weighted by molar-refractivity contribution is -0.393. The molecule has 3 aromatic carbocycles. The van der Waals surface area contributed by atoms with Gasteiger partial charge in [-0.15, -0.1) is 0 Å². The highest BCUT2D eigenvalue weighted by atomic mass is 16.6. The van der Waals surface area contributed by atoms with Crippen molar-refractivity contribution in [2.75, 3.05) is 36.3 Å². The van der Waals surface area contributed by atoms with Crippen molar-refractivity contribution in [1.82, 2.24) is 0 Å². The van der Waals surface area contributed by atoms with Gasteiger partial charge in [-0.1, -0.05) is 0 Å². The summed E-state index contributed by atoms with van der Waals surface area (Å²) in [6.07, 6.45) is 0. The van der Waals surface area contributed by atoms with Crippen LogP contribution in [0, 0.1) is 20.2 Å². The number of nitro groups is 2. The molecular weight excluding hydrogens is 476 g/mol. The van der Waals surface area contributed by atoms with E-state index in [-0.39, 0.29) is 45.3 Å². The molecule has 186 valence electrons. The van der Waals surface area contributed by atoms with Gasteiger partial charge < -0.3 is 31.6 Å². The number of nitrogens with zero attached hydrogens (tertiary/aromatic N) is 2. The molecule has 0 bridgehead atoms. The molecule has 0 aliphatic rings. The smallest absolute Gasteiger partial charge is 0.337 e. The van der Waals surface area contributed by atoms with Crippen LogP contribution in [0.5, 0.6) is 0 Å². The van der Waals surface area contributed by atoms with Crippen molar-refractivity contribution >= 4 is 57.4 Å². The van der Waals surface area contributed by atoms with Crippen molar-refractivity contribution in [2.45, 2.75) is 0 Å². The van der Waals surface area contributed by atoms with E-state index in [9.17, 15) is 29.8 Å². The second kappa shape index (κ2) is 10.3. The summed E-state index contributed by atoms with van der Waals surface area (Å²) in [5.41, 5.74) is 11.0. The molecule has 0 aliphatic carbocycles. The summed E-state index contributed by atoms with van der Waals surface area (Å²) >= 11 is 0. The fourth-order valence-electron chi connectivity index (χ4n) is 3.31. The first kappa shape index (κ1) is 25.2. The number of anilines is 6. The molecule has 0 saturated heterocycles. The average molecular weight is 496 g/mol. The van der Waals surface area contributed by atoms with Crippen molar-refractivity contribution in [3.8, 4) is 0 Å². The highest BCUT2D eigenvalue weighted by molar-refractivity contribution is 5.94. The molecule has 6 N–H and O–H groups in total. The number of nitrogen functional groups attached to an aromatic ring is 2. The Balaban J connectivity index is 2.12. The second-order valence-electron chi connectivity index (χ2n) is 7.32. The van der Waals surface area contributed by atoms with Gasteiger partial charge in [-0.25, -0.2) is 9.59 Å². The van der Waals surface area contributed by atoms with Gasteiger partial charge in [0, 0.05) is 22.7 Å². The molecule has 36 heavy (non-hydrogen) atoms. The molecular formula is C22H20N6O8. The number of nitro benzene ring substituents is 2. The van der Waals surface area contributed by atoms with E-state index in [0.29, 0.717) is 0 Å². The number of benzene rings is 3. The third kappa shape index (κ3) is 5.56. The van der Waals surface area contributed by atoms with E-state index in [1.165, 1.54) is 50.6 Å². The first-order valence-electron chi connectivity index (χ1n) is 10.0. The summed E-state index contributed by atoms with van der Waals surface area (Å²) in [5.74, 6) is -1.37. The van der Waals surface area contributed by atoms with Crippen molar-refractivity contribution in [1.29, 1.82) is 0 Å². The highest BCUT2D eigenvalue weighted by Gasteiger charge is 2.25. The normalized spacial score (nSPS) is 10.3. The Hall–Kier alpha value is -5.40. The standard InChI is InChI=1S/C22H20N6O8/c1-35-21(29)11-3-13(23)7-15(5-11)25-17-9-18(20(28(33)34)10-19(17)27(31)32)26-16-6-12(22(30)36-2)4-14(24)8-16/h3-10,25-26H,23-24H2,1-2H3. The number of hydrogen-bond donors (Lipinski definition) is 4. The lowest BCUT2D eigenvalue weighted by Gasteiger charge is -2.13. The van der Waals surface area contributed by atoms with Gasteiger partial charge in [-0.2, -0.15) is 0 Å². The quantitative estimate of drug-likeness (QED) is 0.152. The van der Waals surface area contributed by atoms with E-state index in [2.05, 4.69) is 20.1 Å². The molecule has 3 aromatic rings. The highest BCUT2D eigenvalue weighted by Crippen LogP contribution is 2.39. The molecule has 0 atom stereocenters. The third-order valence-corrected chi connectivity index (χ3v) is 4.82. The fraction of sp³-hybridized carbons (Fsp3) is 0.0909. The largest absolute Gasteiger partial charge is 0.465 e. The van der Waals surface area contributed by atoms with Crippen LogP contribution in [0.3, 0.4) is 0 Å². The molecule has 0 amide bonds. The van der Waals surface area contributed by atoms with Gasteiger partial charge in [0.1, 0.15) is 11.4 Å². The Kier molecular flexibility index (Phi) is 7.18. The molecule has 0 aromatic heterocycles. The Bertz CT molecular complexity index is 1290. The van der Waals surface area contributed by atoms with Gasteiger partial charge in [0.15, 0.2) is 0 Å². The Morgan fingerprint density at radius 2 is 1.08 bits per heavy atom. The number of methoxy groups -OCH3 is 2. The summed E-state index contributed by atoms with van der Waals surface area (Å²) in [7, 11) is 2.36. The topological polar surface area (TPSA) is 215 Å². The number of carbonyl (C=O) groups excluding carboxylic acids is 2. The van der Waals surface area contributed by atoms with E-state index in [4.69, 9.17) is 11.5 Å². The van der Waals surface area contributed by atoms with Crippen molar-refractivity contribution in [3.63, 3.8) is 0 Å². The summed E-state index contributed by atoms with van der Waals surface area (Å²) < 4.78 is 9.34. The number of rotatable bonds is 8.